The SMILES string of the molecule is Cc1c(C(=O)NNC(=O)C2CCN(S(=O)(=O)c3ccccc3C#N)CC2)oc2ccccc12. The number of benzene rings is 2. The van der Waals surface area contributed by atoms with Gasteiger partial charge in [-0.3, -0.25) is 20.4 Å². The van der Waals surface area contributed by atoms with E-state index in [0.717, 1.165) is 5.39 Å². The van der Waals surface area contributed by atoms with Crippen LogP contribution < -0.4 is 10.9 Å². The molecule has 1 fully saturated rings. The molecule has 2 amide bonds. The van der Waals surface area contributed by atoms with E-state index in [1.807, 2.05) is 18.2 Å². The molecule has 0 radical (unpaired) electrons. The van der Waals surface area contributed by atoms with Crippen LogP contribution in [0.25, 0.3) is 11.0 Å². The number of hydrazine groups is 1. The number of fused-ring (bicyclic) bond motifs is 1. The van der Waals surface area contributed by atoms with Gasteiger partial charge in [0.15, 0.2) is 5.76 Å². The molecule has 170 valence electrons. The summed E-state index contributed by atoms with van der Waals surface area (Å²) in [6.07, 6.45) is 0.582. The number of nitrogens with zero attached hydrogens (tertiary/aromatic N) is 2. The van der Waals surface area contributed by atoms with E-state index in [4.69, 9.17) is 4.42 Å². The lowest BCUT2D eigenvalue weighted by Crippen LogP contribution is -2.48. The van der Waals surface area contributed by atoms with Crippen LogP contribution in [0.3, 0.4) is 0 Å². The quantitative estimate of drug-likeness (QED) is 0.568. The largest absolute Gasteiger partial charge is 0.451 e. The van der Waals surface area contributed by atoms with Gasteiger partial charge in [-0.05, 0) is 38.0 Å². The fourth-order valence-electron chi connectivity index (χ4n) is 3.95. The number of sulfonamides is 1. The van der Waals surface area contributed by atoms with Crippen LogP contribution in [0.5, 0.6) is 0 Å². The van der Waals surface area contributed by atoms with E-state index in [0.29, 0.717) is 24.0 Å². The lowest BCUT2D eigenvalue weighted by atomic mass is 9.98. The molecule has 1 aromatic heterocycles. The van der Waals surface area contributed by atoms with Gasteiger partial charge in [-0.2, -0.15) is 9.57 Å². The average molecular weight is 467 g/mol. The molecule has 10 heteroatoms. The van der Waals surface area contributed by atoms with Gasteiger partial charge in [0, 0.05) is 30.0 Å². The third kappa shape index (κ3) is 4.33. The Bertz CT molecular complexity index is 1360. The first-order valence-electron chi connectivity index (χ1n) is 10.4. The maximum absolute atomic E-state index is 12.9. The van der Waals surface area contributed by atoms with Crippen molar-refractivity contribution in [1.29, 1.82) is 5.26 Å². The second-order valence-electron chi connectivity index (χ2n) is 7.78. The van der Waals surface area contributed by atoms with Crippen LogP contribution in [0.4, 0.5) is 0 Å². The first-order chi connectivity index (χ1) is 15.8. The van der Waals surface area contributed by atoms with Crippen molar-refractivity contribution in [2.45, 2.75) is 24.7 Å². The number of hydrogen-bond acceptors (Lipinski definition) is 6. The number of carbonyl (C=O) groups excluding carboxylic acids is 2. The fraction of sp³-hybridized carbons (Fsp3) is 0.261. The third-order valence-electron chi connectivity index (χ3n) is 5.80. The summed E-state index contributed by atoms with van der Waals surface area (Å²) in [5.74, 6) is -1.30. The molecule has 0 saturated carbocycles. The normalized spacial score (nSPS) is 15.2. The fourth-order valence-corrected chi connectivity index (χ4v) is 5.56. The van der Waals surface area contributed by atoms with Crippen molar-refractivity contribution in [3.8, 4) is 6.07 Å². The molecule has 0 aliphatic carbocycles. The summed E-state index contributed by atoms with van der Waals surface area (Å²) in [5.41, 5.74) is 6.14. The van der Waals surface area contributed by atoms with Crippen molar-refractivity contribution in [2.75, 3.05) is 13.1 Å². The highest BCUT2D eigenvalue weighted by Crippen LogP contribution is 2.26. The minimum atomic E-state index is -3.84. The van der Waals surface area contributed by atoms with E-state index in [-0.39, 0.29) is 29.3 Å². The highest BCUT2D eigenvalue weighted by atomic mass is 32.2. The van der Waals surface area contributed by atoms with Gasteiger partial charge in [0.2, 0.25) is 15.9 Å². The number of aryl methyl sites for hydroxylation is 1. The summed E-state index contributed by atoms with van der Waals surface area (Å²) in [7, 11) is -3.84. The first-order valence-corrected chi connectivity index (χ1v) is 11.8. The summed E-state index contributed by atoms with van der Waals surface area (Å²) >= 11 is 0. The van der Waals surface area contributed by atoms with E-state index in [2.05, 4.69) is 10.9 Å². The Kier molecular flexibility index (Phi) is 6.18. The van der Waals surface area contributed by atoms with Crippen molar-refractivity contribution in [3.63, 3.8) is 0 Å². The van der Waals surface area contributed by atoms with Crippen LogP contribution in [0.15, 0.2) is 57.8 Å². The molecule has 0 atom stereocenters. The summed E-state index contributed by atoms with van der Waals surface area (Å²) in [5, 5.41) is 10.0. The van der Waals surface area contributed by atoms with Crippen LogP contribution in [-0.4, -0.2) is 37.6 Å². The molecule has 0 bridgehead atoms. The van der Waals surface area contributed by atoms with E-state index in [1.165, 1.54) is 16.4 Å². The minimum Gasteiger partial charge on any atom is -0.451 e. The number of carbonyl (C=O) groups is 2. The second kappa shape index (κ2) is 9.05. The van der Waals surface area contributed by atoms with Gasteiger partial charge < -0.3 is 4.42 Å². The van der Waals surface area contributed by atoms with Crippen LogP contribution >= 0.6 is 0 Å². The summed E-state index contributed by atoms with van der Waals surface area (Å²) in [6.45, 7) is 2.04. The van der Waals surface area contributed by atoms with Gasteiger partial charge in [-0.1, -0.05) is 30.3 Å². The Balaban J connectivity index is 1.35. The second-order valence-corrected chi connectivity index (χ2v) is 9.69. The van der Waals surface area contributed by atoms with Crippen LogP contribution in [0.2, 0.25) is 0 Å². The molecule has 1 saturated heterocycles. The number of nitrogens with one attached hydrogen (secondary N) is 2. The predicted octanol–water partition coefficient (Wildman–Crippen LogP) is 2.47. The molecule has 1 aliphatic rings. The molecule has 3 aromatic rings. The zero-order valence-corrected chi connectivity index (χ0v) is 18.7. The Hall–Kier alpha value is -3.68. The molecular weight excluding hydrogens is 444 g/mol. The third-order valence-corrected chi connectivity index (χ3v) is 7.76. The molecule has 4 rings (SSSR count). The number of furan rings is 1. The van der Waals surface area contributed by atoms with Gasteiger partial charge in [-0.15, -0.1) is 0 Å². The predicted molar refractivity (Wildman–Crippen MR) is 119 cm³/mol. The van der Waals surface area contributed by atoms with Crippen LogP contribution in [0, 0.1) is 24.2 Å². The monoisotopic (exact) mass is 466 g/mol. The van der Waals surface area contributed by atoms with Gasteiger partial charge in [0.25, 0.3) is 0 Å². The average Bonchev–Trinajstić information content (AvgIpc) is 3.19. The Morgan fingerprint density at radius 1 is 1.06 bits per heavy atom. The maximum atomic E-state index is 12.9. The van der Waals surface area contributed by atoms with Gasteiger partial charge >= 0.3 is 5.91 Å². The van der Waals surface area contributed by atoms with Crippen LogP contribution in [-0.2, 0) is 14.8 Å². The summed E-state index contributed by atoms with van der Waals surface area (Å²) in [6, 6.07) is 15.2. The lowest BCUT2D eigenvalue weighted by molar-refractivity contribution is -0.126. The van der Waals surface area contributed by atoms with Crippen molar-refractivity contribution in [2.24, 2.45) is 5.92 Å². The molecule has 2 aromatic carbocycles. The minimum absolute atomic E-state index is 0.0381. The van der Waals surface area contributed by atoms with Crippen molar-refractivity contribution in [1.82, 2.24) is 15.2 Å². The standard InChI is InChI=1S/C23H22N4O5S/c1-15-18-7-3-4-8-19(18)32-21(15)23(29)26-25-22(28)16-10-12-27(13-11-16)33(30,31)20-9-5-2-6-17(20)14-24/h2-9,16H,10-13H2,1H3,(H,25,28)(H,26,29). The summed E-state index contributed by atoms with van der Waals surface area (Å²) in [4.78, 5) is 25.0. The number of nitriles is 1. The van der Waals surface area contributed by atoms with Gasteiger partial charge in [0.1, 0.15) is 11.7 Å². The molecule has 0 spiro atoms. The topological polar surface area (TPSA) is 133 Å². The summed E-state index contributed by atoms with van der Waals surface area (Å²) < 4.78 is 32.7. The molecule has 33 heavy (non-hydrogen) atoms. The Morgan fingerprint density at radius 3 is 2.42 bits per heavy atom. The number of amides is 2. The number of hydrogen-bond donors (Lipinski definition) is 2. The van der Waals surface area contributed by atoms with Crippen molar-refractivity contribution >= 4 is 32.8 Å². The van der Waals surface area contributed by atoms with Gasteiger partial charge in [0.05, 0.1) is 10.5 Å². The number of piperidine rings is 1. The Morgan fingerprint density at radius 2 is 1.73 bits per heavy atom. The Labute approximate surface area is 191 Å². The zero-order chi connectivity index (χ0) is 23.6. The van der Waals surface area contributed by atoms with Crippen LogP contribution in [0.1, 0.15) is 34.5 Å². The highest BCUT2D eigenvalue weighted by molar-refractivity contribution is 7.89. The highest BCUT2D eigenvalue weighted by Gasteiger charge is 2.33. The van der Waals surface area contributed by atoms with Gasteiger partial charge in [-0.25, -0.2) is 8.42 Å². The zero-order valence-electron chi connectivity index (χ0n) is 17.9. The molecule has 9 nitrogen and oxygen atoms in total. The number of para-hydroxylation sites is 1. The number of rotatable bonds is 4. The van der Waals surface area contributed by atoms with E-state index >= 15 is 0 Å². The smallest absolute Gasteiger partial charge is 0.305 e. The molecule has 0 unspecified atom stereocenters. The lowest BCUT2D eigenvalue weighted by Gasteiger charge is -2.30. The van der Waals surface area contributed by atoms with E-state index in [9.17, 15) is 23.3 Å². The van der Waals surface area contributed by atoms with Crippen molar-refractivity contribution < 1.29 is 22.4 Å². The van der Waals surface area contributed by atoms with Crippen molar-refractivity contribution in [3.05, 3.63) is 65.4 Å². The molecular formula is C23H22N4O5S. The maximum Gasteiger partial charge on any atom is 0.305 e. The van der Waals surface area contributed by atoms with E-state index in [1.54, 1.807) is 31.2 Å². The molecule has 2 N–H and O–H groups in total. The van der Waals surface area contributed by atoms with E-state index < -0.39 is 27.8 Å². The first kappa shape index (κ1) is 22.5. The molecule has 2 heterocycles. The molecule has 1 aliphatic heterocycles.